The molecule has 2 amide bonds. The third-order valence-corrected chi connectivity index (χ3v) is 5.65. The molecule has 32 heavy (non-hydrogen) atoms. The third kappa shape index (κ3) is 4.03. The Morgan fingerprint density at radius 1 is 1.06 bits per heavy atom. The molecular formula is C23H22N4O5. The van der Waals surface area contributed by atoms with Crippen molar-refractivity contribution in [1.82, 2.24) is 9.91 Å². The Morgan fingerprint density at radius 3 is 2.41 bits per heavy atom. The van der Waals surface area contributed by atoms with E-state index in [0.29, 0.717) is 11.3 Å². The summed E-state index contributed by atoms with van der Waals surface area (Å²) in [4.78, 5) is 36.7. The van der Waals surface area contributed by atoms with E-state index < -0.39 is 29.0 Å². The summed E-state index contributed by atoms with van der Waals surface area (Å²) in [5.41, 5.74) is 4.57. The third-order valence-electron chi connectivity index (χ3n) is 5.65. The van der Waals surface area contributed by atoms with Crippen LogP contribution in [0, 0.1) is 16.0 Å². The summed E-state index contributed by atoms with van der Waals surface area (Å²) in [6.07, 6.45) is 5.58. The lowest BCUT2D eigenvalue weighted by Gasteiger charge is -2.40. The molecule has 2 heterocycles. The summed E-state index contributed by atoms with van der Waals surface area (Å²) in [5.74, 6) is -1.26. The molecule has 2 aliphatic rings. The number of aliphatic hydroxyl groups is 1. The molecule has 0 aromatic heterocycles. The van der Waals surface area contributed by atoms with Gasteiger partial charge in [0.2, 0.25) is 11.8 Å². The smallest absolute Gasteiger partial charge is 0.269 e. The second kappa shape index (κ2) is 8.74. The van der Waals surface area contributed by atoms with E-state index in [-0.39, 0.29) is 17.5 Å². The zero-order chi connectivity index (χ0) is 22.8. The van der Waals surface area contributed by atoms with E-state index in [1.807, 2.05) is 30.3 Å². The van der Waals surface area contributed by atoms with Crippen LogP contribution in [0.3, 0.4) is 0 Å². The van der Waals surface area contributed by atoms with Crippen LogP contribution < -0.4 is 5.43 Å². The Kier molecular flexibility index (Phi) is 5.85. The molecule has 1 fully saturated rings. The lowest BCUT2D eigenvalue weighted by atomic mass is 9.92. The molecule has 2 N–H and O–H groups in total. The highest BCUT2D eigenvalue weighted by atomic mass is 16.6. The molecule has 0 spiro atoms. The molecule has 4 atom stereocenters. The van der Waals surface area contributed by atoms with Gasteiger partial charge in [-0.15, -0.1) is 0 Å². The Balaban J connectivity index is 1.60. The van der Waals surface area contributed by atoms with Crippen LogP contribution in [0.25, 0.3) is 6.08 Å². The standard InChI is InChI=1S/C23H22N4O5/c1-25-22(29)18-12-13-19(20(28)14-9-15-7-10-17(11-8-15)27(31)32)26(21(18)23(25)30)24-16-5-3-2-4-6-16/h2-14,18-21,24,28H,1H3. The van der Waals surface area contributed by atoms with Gasteiger partial charge in [-0.25, -0.2) is 5.01 Å². The van der Waals surface area contributed by atoms with E-state index in [9.17, 15) is 24.8 Å². The zero-order valence-electron chi connectivity index (χ0n) is 17.2. The first kappa shape index (κ1) is 21.4. The number of nitro benzene ring substituents is 1. The highest BCUT2D eigenvalue weighted by molar-refractivity contribution is 6.08. The van der Waals surface area contributed by atoms with Crippen LogP contribution in [0.1, 0.15) is 5.56 Å². The predicted octanol–water partition coefficient (Wildman–Crippen LogP) is 2.22. The van der Waals surface area contributed by atoms with Gasteiger partial charge in [-0.3, -0.25) is 24.6 Å². The van der Waals surface area contributed by atoms with Crippen LogP contribution in [0.5, 0.6) is 0 Å². The second-order valence-corrected chi connectivity index (χ2v) is 7.67. The molecule has 2 aromatic carbocycles. The number of imide groups is 1. The van der Waals surface area contributed by atoms with Crippen molar-refractivity contribution in [2.45, 2.75) is 18.2 Å². The topological polar surface area (TPSA) is 116 Å². The number of aliphatic hydroxyl groups excluding tert-OH is 1. The van der Waals surface area contributed by atoms with Crippen LogP contribution in [-0.4, -0.2) is 57.0 Å². The molecule has 9 heteroatoms. The number of hydrazine groups is 1. The number of hydrogen-bond acceptors (Lipinski definition) is 7. The van der Waals surface area contributed by atoms with Crippen molar-refractivity contribution in [3.8, 4) is 0 Å². The van der Waals surface area contributed by atoms with Gasteiger partial charge in [0.05, 0.1) is 23.0 Å². The summed E-state index contributed by atoms with van der Waals surface area (Å²) in [6.45, 7) is 0. The summed E-state index contributed by atoms with van der Waals surface area (Å²) in [7, 11) is 1.46. The molecule has 0 radical (unpaired) electrons. The predicted molar refractivity (Wildman–Crippen MR) is 118 cm³/mol. The average molecular weight is 434 g/mol. The Morgan fingerprint density at radius 2 is 1.75 bits per heavy atom. The molecule has 0 aliphatic carbocycles. The van der Waals surface area contributed by atoms with Gasteiger partial charge in [-0.2, -0.15) is 0 Å². The number of fused-ring (bicyclic) bond motifs is 1. The number of nitro groups is 1. The largest absolute Gasteiger partial charge is 0.387 e. The average Bonchev–Trinajstić information content (AvgIpc) is 3.03. The van der Waals surface area contributed by atoms with Crippen molar-refractivity contribution in [3.63, 3.8) is 0 Å². The van der Waals surface area contributed by atoms with Gasteiger partial charge in [-0.1, -0.05) is 42.5 Å². The van der Waals surface area contributed by atoms with Crippen LogP contribution in [0.2, 0.25) is 0 Å². The first-order valence-corrected chi connectivity index (χ1v) is 10.1. The van der Waals surface area contributed by atoms with Crippen molar-refractivity contribution < 1.29 is 19.6 Å². The molecule has 0 saturated carbocycles. The monoisotopic (exact) mass is 434 g/mol. The number of carbonyl (C=O) groups is 2. The van der Waals surface area contributed by atoms with Crippen LogP contribution in [-0.2, 0) is 9.59 Å². The summed E-state index contributed by atoms with van der Waals surface area (Å²) >= 11 is 0. The van der Waals surface area contributed by atoms with Gasteiger partial charge in [0.15, 0.2) is 0 Å². The number of likely N-dealkylation sites (tertiary alicyclic amines) is 1. The SMILES string of the molecule is CN1C(=O)C2C=CC(C(O)C=Cc3ccc([N+](=O)[O-])cc3)N(Nc3ccccc3)C2C1=O. The number of likely N-dealkylation sites (N-methyl/N-ethyl adjacent to an activating group) is 1. The van der Waals surface area contributed by atoms with E-state index in [1.54, 1.807) is 41.4 Å². The minimum Gasteiger partial charge on any atom is -0.387 e. The first-order chi connectivity index (χ1) is 15.4. The van der Waals surface area contributed by atoms with Crippen molar-refractivity contribution in [2.24, 2.45) is 5.92 Å². The zero-order valence-corrected chi connectivity index (χ0v) is 17.2. The van der Waals surface area contributed by atoms with Crippen molar-refractivity contribution >= 4 is 29.3 Å². The van der Waals surface area contributed by atoms with Crippen molar-refractivity contribution in [2.75, 3.05) is 12.5 Å². The van der Waals surface area contributed by atoms with Crippen molar-refractivity contribution in [1.29, 1.82) is 0 Å². The van der Waals surface area contributed by atoms with Gasteiger partial charge < -0.3 is 10.5 Å². The molecular weight excluding hydrogens is 412 g/mol. The summed E-state index contributed by atoms with van der Waals surface area (Å²) in [5, 5.41) is 23.4. The van der Waals surface area contributed by atoms with Gasteiger partial charge in [0.25, 0.3) is 5.69 Å². The van der Waals surface area contributed by atoms with E-state index >= 15 is 0 Å². The van der Waals surface area contributed by atoms with E-state index in [1.165, 1.54) is 19.2 Å². The lowest BCUT2D eigenvalue weighted by Crippen LogP contribution is -2.57. The van der Waals surface area contributed by atoms with Crippen LogP contribution in [0.4, 0.5) is 11.4 Å². The highest BCUT2D eigenvalue weighted by Crippen LogP contribution is 2.32. The minimum atomic E-state index is -1.02. The molecule has 4 rings (SSSR count). The normalized spacial score (nSPS) is 24.1. The number of nitrogens with zero attached hydrogens (tertiary/aromatic N) is 3. The Hall–Kier alpha value is -3.82. The van der Waals surface area contributed by atoms with E-state index in [4.69, 9.17) is 0 Å². The fourth-order valence-corrected chi connectivity index (χ4v) is 3.93. The van der Waals surface area contributed by atoms with E-state index in [0.717, 1.165) is 4.90 Å². The number of nitrogens with one attached hydrogen (secondary N) is 1. The lowest BCUT2D eigenvalue weighted by molar-refractivity contribution is -0.384. The van der Waals surface area contributed by atoms with Gasteiger partial charge >= 0.3 is 0 Å². The highest BCUT2D eigenvalue weighted by Gasteiger charge is 2.52. The number of carbonyl (C=O) groups excluding carboxylic acids is 2. The van der Waals surface area contributed by atoms with Crippen molar-refractivity contribution in [3.05, 3.63) is 88.5 Å². The maximum Gasteiger partial charge on any atom is 0.269 e. The maximum absolute atomic E-state index is 12.8. The van der Waals surface area contributed by atoms with Gasteiger partial charge in [0, 0.05) is 24.9 Å². The molecule has 164 valence electrons. The Bertz CT molecular complexity index is 1080. The maximum atomic E-state index is 12.8. The number of anilines is 1. The quantitative estimate of drug-likeness (QED) is 0.310. The van der Waals surface area contributed by atoms with Crippen LogP contribution >= 0.6 is 0 Å². The van der Waals surface area contributed by atoms with Gasteiger partial charge in [-0.05, 0) is 29.8 Å². The molecule has 9 nitrogen and oxygen atoms in total. The Labute approximate surface area is 184 Å². The second-order valence-electron chi connectivity index (χ2n) is 7.67. The number of hydrogen-bond donors (Lipinski definition) is 2. The summed E-state index contributed by atoms with van der Waals surface area (Å²) < 4.78 is 0. The molecule has 2 aromatic rings. The summed E-state index contributed by atoms with van der Waals surface area (Å²) in [6, 6.07) is 13.7. The number of benzene rings is 2. The van der Waals surface area contributed by atoms with Crippen LogP contribution in [0.15, 0.2) is 72.8 Å². The number of non-ortho nitro benzene ring substituents is 1. The number of rotatable bonds is 6. The fourth-order valence-electron chi connectivity index (χ4n) is 3.93. The number of para-hydroxylation sites is 1. The van der Waals surface area contributed by atoms with Gasteiger partial charge in [0.1, 0.15) is 6.04 Å². The first-order valence-electron chi connectivity index (χ1n) is 10.1. The number of amides is 2. The molecule has 4 unspecified atom stereocenters. The molecule has 2 aliphatic heterocycles. The fraction of sp³-hybridized carbons (Fsp3) is 0.217. The molecule has 0 bridgehead atoms. The minimum absolute atomic E-state index is 0.0178. The molecule has 1 saturated heterocycles. The van der Waals surface area contributed by atoms with E-state index in [2.05, 4.69) is 5.43 Å².